The van der Waals surface area contributed by atoms with Gasteiger partial charge in [0.15, 0.2) is 0 Å². The lowest BCUT2D eigenvalue weighted by Crippen LogP contribution is -2.58. The molecule has 2 aliphatic rings. The van der Waals surface area contributed by atoms with Crippen LogP contribution in [0.1, 0.15) is 364 Å². The third kappa shape index (κ3) is 25.1. The number of hydrogen-bond acceptors (Lipinski definition) is 8. The maximum absolute atomic E-state index is 12.1. The molecule has 0 saturated heterocycles. The van der Waals surface area contributed by atoms with Crippen LogP contribution in [0.15, 0.2) is 84.9 Å². The summed E-state index contributed by atoms with van der Waals surface area (Å²) in [5, 5.41) is 32.4. The van der Waals surface area contributed by atoms with Crippen molar-refractivity contribution in [3.8, 4) is 50.6 Å². The standard InChI is InChI=1S/C36H50O.C23H28O.C12H28O4Si.C12H28OSi.C8H10O.C6H9N/c1-20(2)26-16-30(22(5)6)34(31(17-26)23(7)8)28-14-13-15-29(36(28)37)35-32(24(9)10)18-27(21(3)4)19-33(35)25(11)12;1-14-12-17-8-4-6-10-19(17)21(16(14)3)22-20-11-7-5-9-18(20)13-15(2)23(22)24;1-10(2,3)14-17(13,15-11(4,5)6)16-12(7,8)9;1-10(2,3)14(13,11(4,5)6)12(7,8)9;1-6-4-3-5-7(2)8(6)9;1-5-3-4-6(2)7-5/h13-25,37H,1-12H3;12-13,24H,4-11H2,1-3H3;13H,1-9H3;13H,1-9H3;3-5,9H,1-2H3;3-4,7H,1-2H3. The highest BCUT2D eigenvalue weighted by molar-refractivity contribution is 6.80. The van der Waals surface area contributed by atoms with Gasteiger partial charge in [0.25, 0.3) is 0 Å². The minimum absolute atomic E-state index is 0.0174. The Balaban J connectivity index is 0.000000299. The Hall–Kier alpha value is -5.77. The summed E-state index contributed by atoms with van der Waals surface area (Å²) in [6, 6.07) is 30.3. The molecule has 6 aromatic carbocycles. The van der Waals surface area contributed by atoms with Crippen LogP contribution in [0.5, 0.6) is 17.2 Å². The fourth-order valence-corrected chi connectivity index (χ4v) is 25.5. The van der Waals surface area contributed by atoms with E-state index in [-0.39, 0.29) is 15.1 Å². The fraction of sp³-hybridized carbons (Fsp3) is 0.588. The predicted octanol–water partition coefficient (Wildman–Crippen LogP) is 28.0. The highest BCUT2D eigenvalue weighted by Crippen LogP contribution is 2.60. The smallest absolute Gasteiger partial charge is 0.507 e. The number of nitrogens with one attached hydrogen (secondary N) is 1. The normalized spacial score (nSPS) is 13.8. The maximum Gasteiger partial charge on any atom is 0.678 e. The fourth-order valence-electron chi connectivity index (χ4n) is 16.3. The Kier molecular flexibility index (Phi) is 33.0. The Morgan fingerprint density at radius 1 is 0.343 bits per heavy atom. The van der Waals surface area contributed by atoms with Gasteiger partial charge in [-0.2, -0.15) is 0 Å². The highest BCUT2D eigenvalue weighted by atomic mass is 28.4. The molecule has 6 N–H and O–H groups in total. The molecule has 9 rings (SSSR count). The molecular weight excluding hydrogens is 1360 g/mol. The van der Waals surface area contributed by atoms with Crippen LogP contribution in [0.25, 0.3) is 33.4 Å². The second-order valence-corrected chi connectivity index (χ2v) is 46.9. The van der Waals surface area contributed by atoms with Crippen LogP contribution in [0, 0.1) is 48.5 Å². The van der Waals surface area contributed by atoms with Crippen molar-refractivity contribution < 1.29 is 38.2 Å². The monoisotopic (exact) mass is 1520 g/mol. The van der Waals surface area contributed by atoms with Crippen molar-refractivity contribution in [2.45, 2.75) is 375 Å². The van der Waals surface area contributed by atoms with Crippen molar-refractivity contribution in [1.82, 2.24) is 4.98 Å². The lowest BCUT2D eigenvalue weighted by atomic mass is 9.77. The zero-order valence-electron chi connectivity index (χ0n) is 75.2. The van der Waals surface area contributed by atoms with E-state index < -0.39 is 34.2 Å². The van der Waals surface area contributed by atoms with Gasteiger partial charge in [-0.05, 0) is 325 Å². The van der Waals surface area contributed by atoms with Crippen LogP contribution in [-0.2, 0) is 39.0 Å². The number of aromatic amines is 1. The van der Waals surface area contributed by atoms with Crippen molar-refractivity contribution in [2.24, 2.45) is 0 Å². The molecule has 0 atom stereocenters. The van der Waals surface area contributed by atoms with E-state index in [0.717, 1.165) is 47.1 Å². The minimum Gasteiger partial charge on any atom is -0.507 e. The second kappa shape index (κ2) is 37.7. The largest absolute Gasteiger partial charge is 0.678 e. The number of rotatable bonds is 12. The summed E-state index contributed by atoms with van der Waals surface area (Å²) < 4.78 is 16.9. The van der Waals surface area contributed by atoms with Gasteiger partial charge in [0.1, 0.15) is 17.2 Å². The lowest BCUT2D eigenvalue weighted by molar-refractivity contribution is -0.119. The van der Waals surface area contributed by atoms with Crippen molar-refractivity contribution >= 4 is 17.4 Å². The molecule has 2 aliphatic carbocycles. The SMILES string of the molecule is CC(C)(C)O[Si](O)(OC(C)(C)C)OC(C)(C)C.CC(C)(C)[Si](O)(C(C)(C)C)C(C)(C)C.CC(C)c1cc(C(C)C)c(-c2cccc(-c3c(C(C)C)cc(C(C)C)cc3C(C)C)c2O)c(C(C)C)c1.Cc1cc2c(c(-c3c(O)c(C)cc4c3CCCC4)c1C)CCCC2.Cc1ccc(C)[nH]1.Cc1cccc(C)c1O. The van der Waals surface area contributed by atoms with E-state index in [1.165, 1.54) is 133 Å². The molecule has 0 bridgehead atoms. The molecule has 11 heteroatoms. The number of aryl methyl sites for hydroxylation is 8. The molecule has 0 amide bonds. The molecule has 0 radical (unpaired) electrons. The van der Waals surface area contributed by atoms with E-state index in [4.69, 9.17) is 13.3 Å². The Bertz CT molecular complexity index is 3740. The van der Waals surface area contributed by atoms with Gasteiger partial charge in [-0.15, -0.1) is 0 Å². The van der Waals surface area contributed by atoms with Crippen molar-refractivity contribution in [1.29, 1.82) is 0 Å². The van der Waals surface area contributed by atoms with Crippen molar-refractivity contribution in [2.75, 3.05) is 0 Å². The van der Waals surface area contributed by atoms with E-state index in [1.54, 1.807) is 0 Å². The quantitative estimate of drug-likeness (QED) is 0.0664. The number of fused-ring (bicyclic) bond motifs is 2. The molecule has 0 fully saturated rings. The zero-order valence-corrected chi connectivity index (χ0v) is 77.2. The first-order valence-corrected chi connectivity index (χ1v) is 44.4. The third-order valence-electron chi connectivity index (χ3n) is 21.1. The molecule has 0 spiro atoms. The molecule has 108 heavy (non-hydrogen) atoms. The number of benzene rings is 6. The molecule has 0 unspecified atom stereocenters. The van der Waals surface area contributed by atoms with Crippen molar-refractivity contribution in [3.05, 3.63) is 180 Å². The summed E-state index contributed by atoms with van der Waals surface area (Å²) in [5.74, 6) is 3.71. The van der Waals surface area contributed by atoms with E-state index >= 15 is 0 Å². The number of para-hydroxylation sites is 2. The molecule has 9 nitrogen and oxygen atoms in total. The van der Waals surface area contributed by atoms with E-state index in [1.807, 2.05) is 108 Å². The molecule has 7 aromatic rings. The molecule has 0 aliphatic heterocycles. The van der Waals surface area contributed by atoms with E-state index in [2.05, 4.69) is 238 Å². The van der Waals surface area contributed by atoms with Gasteiger partial charge in [-0.1, -0.05) is 218 Å². The van der Waals surface area contributed by atoms with E-state index in [0.29, 0.717) is 52.8 Å². The van der Waals surface area contributed by atoms with Crippen LogP contribution < -0.4 is 0 Å². The van der Waals surface area contributed by atoms with Gasteiger partial charge in [0, 0.05) is 28.1 Å². The van der Waals surface area contributed by atoms with E-state index in [9.17, 15) is 24.9 Å². The first kappa shape index (κ1) is 94.6. The Morgan fingerprint density at radius 3 is 0.917 bits per heavy atom. The molecule has 602 valence electrons. The highest BCUT2D eigenvalue weighted by Gasteiger charge is 2.59. The lowest BCUT2D eigenvalue weighted by Gasteiger charge is -2.54. The number of H-pyrrole nitrogens is 1. The zero-order chi connectivity index (χ0) is 82.9. The van der Waals surface area contributed by atoms with Crippen LogP contribution >= 0.6 is 0 Å². The molecule has 1 heterocycles. The van der Waals surface area contributed by atoms with Gasteiger partial charge in [-0.3, -0.25) is 0 Å². The Morgan fingerprint density at radius 2 is 0.648 bits per heavy atom. The average molecular weight is 1520 g/mol. The first-order valence-electron chi connectivity index (χ1n) is 40.8. The number of phenols is 3. The number of aromatic hydroxyl groups is 3. The van der Waals surface area contributed by atoms with Gasteiger partial charge in [0.2, 0.25) is 8.32 Å². The number of aromatic nitrogens is 1. The topological polar surface area (TPSA) is 145 Å². The summed E-state index contributed by atoms with van der Waals surface area (Å²) in [6.45, 7) is 78.0. The molecule has 0 saturated carbocycles. The summed E-state index contributed by atoms with van der Waals surface area (Å²) in [6.07, 6.45) is 9.73. The molecule has 1 aromatic heterocycles. The summed E-state index contributed by atoms with van der Waals surface area (Å²) in [7, 11) is -6.01. The number of hydrogen-bond donors (Lipinski definition) is 6. The average Bonchev–Trinajstić information content (AvgIpc) is 0.744. The van der Waals surface area contributed by atoms with Crippen LogP contribution in [0.2, 0.25) is 15.1 Å². The van der Waals surface area contributed by atoms with Crippen molar-refractivity contribution in [3.63, 3.8) is 0 Å². The maximum atomic E-state index is 12.1. The summed E-state index contributed by atoms with van der Waals surface area (Å²) in [4.78, 5) is 24.8. The van der Waals surface area contributed by atoms with Crippen LogP contribution in [0.4, 0.5) is 0 Å². The van der Waals surface area contributed by atoms with Gasteiger partial charge in [-0.25, -0.2) is 0 Å². The third-order valence-corrected chi connectivity index (χ3v) is 30.2. The predicted molar refractivity (Wildman–Crippen MR) is 470 cm³/mol. The minimum atomic E-state index is -3.66. The second-order valence-electron chi connectivity index (χ2n) is 39.3. The summed E-state index contributed by atoms with van der Waals surface area (Å²) >= 11 is 0. The van der Waals surface area contributed by atoms with Crippen LogP contribution in [-0.4, -0.2) is 64.1 Å². The van der Waals surface area contributed by atoms with Gasteiger partial charge >= 0.3 is 9.05 Å². The Labute approximate surface area is 661 Å². The number of phenolic OH excluding ortho intramolecular Hbond substituents is 3. The van der Waals surface area contributed by atoms with Gasteiger partial charge < -0.3 is 43.2 Å². The van der Waals surface area contributed by atoms with Crippen LogP contribution in [0.3, 0.4) is 0 Å². The molecular formula is C97H153NO8Si2. The first-order chi connectivity index (χ1) is 49.2. The summed E-state index contributed by atoms with van der Waals surface area (Å²) in [5.41, 5.74) is 27.4. The van der Waals surface area contributed by atoms with Gasteiger partial charge in [0.05, 0.1) is 16.8 Å².